The van der Waals surface area contributed by atoms with Crippen LogP contribution in [0.15, 0.2) is 18.2 Å². The summed E-state index contributed by atoms with van der Waals surface area (Å²) in [6.45, 7) is 0.693. The summed E-state index contributed by atoms with van der Waals surface area (Å²) >= 11 is 0. The molecule has 1 aromatic carbocycles. The predicted molar refractivity (Wildman–Crippen MR) is 74.5 cm³/mol. The molecule has 0 amide bonds. The number of hydrogen-bond donors (Lipinski definition) is 1. The van der Waals surface area contributed by atoms with Gasteiger partial charge in [-0.15, -0.1) is 0 Å². The molecule has 1 heterocycles. The Morgan fingerprint density at radius 3 is 2.65 bits per heavy atom. The third-order valence-corrected chi connectivity index (χ3v) is 3.49. The lowest BCUT2D eigenvalue weighted by molar-refractivity contribution is -0.141. The summed E-state index contributed by atoms with van der Waals surface area (Å²) < 4.78 is 9.41. The van der Waals surface area contributed by atoms with Crippen LogP contribution >= 0.6 is 0 Å². The highest BCUT2D eigenvalue weighted by molar-refractivity contribution is 5.81. The lowest BCUT2D eigenvalue weighted by atomic mass is 9.96. The topological polar surface area (TPSA) is 81.9 Å². The van der Waals surface area contributed by atoms with E-state index in [1.54, 1.807) is 6.07 Å². The van der Waals surface area contributed by atoms with Crippen LogP contribution in [0.5, 0.6) is 0 Å². The molecule has 0 radical (unpaired) electrons. The van der Waals surface area contributed by atoms with Crippen molar-refractivity contribution in [1.29, 1.82) is 0 Å². The highest BCUT2D eigenvalue weighted by Gasteiger charge is 2.33. The molecule has 6 heteroatoms. The van der Waals surface area contributed by atoms with Crippen LogP contribution in [-0.2, 0) is 19.1 Å². The molecule has 0 spiro atoms. The van der Waals surface area contributed by atoms with E-state index >= 15 is 0 Å². The molecule has 1 aliphatic heterocycles. The van der Waals surface area contributed by atoms with Crippen molar-refractivity contribution in [2.45, 2.75) is 12.3 Å². The first-order valence-electron chi connectivity index (χ1n) is 6.33. The van der Waals surface area contributed by atoms with Gasteiger partial charge < -0.3 is 20.1 Å². The molecule has 2 rings (SSSR count). The van der Waals surface area contributed by atoms with E-state index in [-0.39, 0.29) is 30.8 Å². The van der Waals surface area contributed by atoms with Crippen LogP contribution in [0, 0.1) is 0 Å². The number of carbonyl (C=O) groups excluding carboxylic acids is 2. The van der Waals surface area contributed by atoms with Crippen LogP contribution in [0.3, 0.4) is 0 Å². The van der Waals surface area contributed by atoms with Crippen LogP contribution < -0.4 is 10.6 Å². The maximum atomic E-state index is 11.5. The van der Waals surface area contributed by atoms with Crippen molar-refractivity contribution in [3.8, 4) is 0 Å². The number of ether oxygens (including phenoxy) is 2. The van der Waals surface area contributed by atoms with Crippen LogP contribution in [0.1, 0.15) is 17.9 Å². The average molecular weight is 278 g/mol. The van der Waals surface area contributed by atoms with Gasteiger partial charge in [0.1, 0.15) is 6.54 Å². The first-order chi connectivity index (χ1) is 9.56. The van der Waals surface area contributed by atoms with Crippen molar-refractivity contribution < 1.29 is 19.1 Å². The minimum absolute atomic E-state index is 0.0664. The Bertz CT molecular complexity index is 530. The molecule has 6 nitrogen and oxygen atoms in total. The molecular formula is C14H18N2O4. The molecule has 2 N–H and O–H groups in total. The Morgan fingerprint density at radius 2 is 2.00 bits per heavy atom. The first-order valence-corrected chi connectivity index (χ1v) is 6.33. The monoisotopic (exact) mass is 278 g/mol. The van der Waals surface area contributed by atoms with Gasteiger partial charge in [-0.05, 0) is 12.1 Å². The van der Waals surface area contributed by atoms with Gasteiger partial charge in [-0.25, -0.2) is 0 Å². The standard InChI is InChI=1S/C14H18N2O4/c1-19-12(17)6-9-7-16(8-13(18)20-2)11-5-3-4-10(15)14(9)11/h3-5,9H,6-8,15H2,1-2H3. The van der Waals surface area contributed by atoms with Gasteiger partial charge in [0.05, 0.1) is 20.6 Å². The van der Waals surface area contributed by atoms with E-state index in [4.69, 9.17) is 15.2 Å². The van der Waals surface area contributed by atoms with E-state index in [1.807, 2.05) is 17.0 Å². The van der Waals surface area contributed by atoms with Crippen LogP contribution in [0.4, 0.5) is 11.4 Å². The SMILES string of the molecule is COC(=O)CC1CN(CC(=O)OC)c2cccc(N)c21. The fourth-order valence-electron chi connectivity index (χ4n) is 2.57. The van der Waals surface area contributed by atoms with Crippen LogP contribution in [0.25, 0.3) is 0 Å². The number of anilines is 2. The second-order valence-corrected chi connectivity index (χ2v) is 4.71. The number of fused-ring (bicyclic) bond motifs is 1. The number of nitrogens with zero attached hydrogens (tertiary/aromatic N) is 1. The van der Waals surface area contributed by atoms with Crippen molar-refractivity contribution in [3.05, 3.63) is 23.8 Å². The maximum absolute atomic E-state index is 11.5. The third kappa shape index (κ3) is 2.68. The Kier molecular flexibility index (Phi) is 4.12. The molecule has 1 unspecified atom stereocenters. The van der Waals surface area contributed by atoms with Gasteiger partial charge in [0.15, 0.2) is 0 Å². The van der Waals surface area contributed by atoms with E-state index < -0.39 is 0 Å². The molecule has 1 atom stereocenters. The molecule has 0 saturated heterocycles. The number of rotatable bonds is 4. The molecule has 1 aliphatic rings. The Hall–Kier alpha value is -2.24. The van der Waals surface area contributed by atoms with Crippen LogP contribution in [-0.4, -0.2) is 39.2 Å². The van der Waals surface area contributed by atoms with Gasteiger partial charge >= 0.3 is 11.9 Å². The molecule has 108 valence electrons. The Balaban J connectivity index is 2.27. The Labute approximate surface area is 117 Å². The summed E-state index contributed by atoms with van der Waals surface area (Å²) in [6, 6.07) is 5.52. The zero-order valence-corrected chi connectivity index (χ0v) is 11.6. The molecule has 0 bridgehead atoms. The largest absolute Gasteiger partial charge is 0.469 e. The summed E-state index contributed by atoms with van der Waals surface area (Å²) in [4.78, 5) is 24.8. The summed E-state index contributed by atoms with van der Waals surface area (Å²) in [5.41, 5.74) is 8.42. The minimum atomic E-state index is -0.322. The minimum Gasteiger partial charge on any atom is -0.469 e. The second kappa shape index (κ2) is 5.81. The highest BCUT2D eigenvalue weighted by atomic mass is 16.5. The number of methoxy groups -OCH3 is 2. The van der Waals surface area contributed by atoms with Gasteiger partial charge in [-0.2, -0.15) is 0 Å². The lowest BCUT2D eigenvalue weighted by Gasteiger charge is -2.18. The molecule has 20 heavy (non-hydrogen) atoms. The van der Waals surface area contributed by atoms with E-state index in [0.29, 0.717) is 12.2 Å². The fourth-order valence-corrected chi connectivity index (χ4v) is 2.57. The predicted octanol–water partition coefficient (Wildman–Crippen LogP) is 0.908. The fraction of sp³-hybridized carbons (Fsp3) is 0.429. The average Bonchev–Trinajstić information content (AvgIpc) is 2.78. The Morgan fingerprint density at radius 1 is 1.30 bits per heavy atom. The van der Waals surface area contributed by atoms with E-state index in [2.05, 4.69) is 0 Å². The summed E-state index contributed by atoms with van der Waals surface area (Å²) in [5, 5.41) is 0. The molecule has 1 aromatic rings. The number of benzene rings is 1. The lowest BCUT2D eigenvalue weighted by Crippen LogP contribution is -2.29. The number of esters is 2. The van der Waals surface area contributed by atoms with Gasteiger partial charge in [0.2, 0.25) is 0 Å². The second-order valence-electron chi connectivity index (χ2n) is 4.71. The summed E-state index contributed by atoms with van der Waals surface area (Å²) in [6.07, 6.45) is 0.245. The number of carbonyl (C=O) groups is 2. The number of hydrogen-bond acceptors (Lipinski definition) is 6. The maximum Gasteiger partial charge on any atom is 0.325 e. The van der Waals surface area contributed by atoms with Crippen molar-refractivity contribution in [3.63, 3.8) is 0 Å². The summed E-state index contributed by atoms with van der Waals surface area (Å²) in [5.74, 6) is -0.676. The van der Waals surface area contributed by atoms with Gasteiger partial charge in [-0.3, -0.25) is 9.59 Å². The third-order valence-electron chi connectivity index (χ3n) is 3.49. The first kappa shape index (κ1) is 14.2. The van der Waals surface area contributed by atoms with Gasteiger partial charge in [0.25, 0.3) is 0 Å². The van der Waals surface area contributed by atoms with Crippen molar-refractivity contribution in [2.24, 2.45) is 0 Å². The zero-order valence-electron chi connectivity index (χ0n) is 11.6. The molecule has 0 saturated carbocycles. The molecule has 0 aromatic heterocycles. The van der Waals surface area contributed by atoms with Gasteiger partial charge in [-0.1, -0.05) is 6.07 Å². The van der Waals surface area contributed by atoms with Crippen molar-refractivity contribution >= 4 is 23.3 Å². The molecule has 0 aliphatic carbocycles. The highest BCUT2D eigenvalue weighted by Crippen LogP contribution is 2.41. The number of nitrogens with two attached hydrogens (primary N) is 1. The van der Waals surface area contributed by atoms with Crippen LogP contribution in [0.2, 0.25) is 0 Å². The van der Waals surface area contributed by atoms with E-state index in [0.717, 1.165) is 11.3 Å². The van der Waals surface area contributed by atoms with Crippen molar-refractivity contribution in [2.75, 3.05) is 37.9 Å². The zero-order chi connectivity index (χ0) is 14.7. The smallest absolute Gasteiger partial charge is 0.325 e. The molecule has 0 fully saturated rings. The van der Waals surface area contributed by atoms with Crippen molar-refractivity contribution in [1.82, 2.24) is 0 Å². The van der Waals surface area contributed by atoms with E-state index in [1.165, 1.54) is 14.2 Å². The van der Waals surface area contributed by atoms with E-state index in [9.17, 15) is 9.59 Å². The van der Waals surface area contributed by atoms with Gasteiger partial charge in [0, 0.05) is 29.4 Å². The number of nitrogen functional groups attached to an aromatic ring is 1. The quantitative estimate of drug-likeness (QED) is 0.651. The molecular weight excluding hydrogens is 260 g/mol. The summed E-state index contributed by atoms with van der Waals surface area (Å²) in [7, 11) is 2.71. The normalized spacial score (nSPS) is 16.7.